The fraction of sp³-hybridized carbons (Fsp3) is 0.455. The van der Waals surface area contributed by atoms with Crippen molar-refractivity contribution in [2.24, 2.45) is 0 Å². The Morgan fingerprint density at radius 1 is 1.00 bits per heavy atom. The second-order valence-electron chi connectivity index (χ2n) is 7.34. The third-order valence-electron chi connectivity index (χ3n) is 5.59. The van der Waals surface area contributed by atoms with Crippen molar-refractivity contribution in [3.05, 3.63) is 46.1 Å². The van der Waals surface area contributed by atoms with E-state index in [-0.39, 0.29) is 0 Å². The van der Waals surface area contributed by atoms with Crippen LogP contribution < -0.4 is 4.90 Å². The molecule has 1 saturated heterocycles. The van der Waals surface area contributed by atoms with E-state index in [2.05, 4.69) is 17.0 Å². The highest BCUT2D eigenvalue weighted by molar-refractivity contribution is 6.30. The second-order valence-corrected chi connectivity index (χ2v) is 7.78. The SMILES string of the molecule is N#Cc1c(N2CCCCC2)nc2c(c1-c1cccc(Cl)c1)CCCCC2. The van der Waals surface area contributed by atoms with Gasteiger partial charge in [0.25, 0.3) is 0 Å². The van der Waals surface area contributed by atoms with Crippen LogP contribution in [0.2, 0.25) is 5.02 Å². The molecule has 1 aliphatic heterocycles. The number of nitrogens with zero attached hydrogens (tertiary/aromatic N) is 3. The molecule has 0 atom stereocenters. The molecule has 2 heterocycles. The van der Waals surface area contributed by atoms with Crippen LogP contribution >= 0.6 is 11.6 Å². The Hall–Kier alpha value is -2.05. The molecular formula is C22H24ClN3. The number of pyridine rings is 1. The number of anilines is 1. The maximum Gasteiger partial charge on any atom is 0.147 e. The summed E-state index contributed by atoms with van der Waals surface area (Å²) >= 11 is 6.29. The average Bonchev–Trinajstić information content (AvgIpc) is 2.92. The zero-order valence-corrected chi connectivity index (χ0v) is 15.9. The van der Waals surface area contributed by atoms with Crippen molar-refractivity contribution in [3.63, 3.8) is 0 Å². The fourth-order valence-corrected chi connectivity index (χ4v) is 4.50. The highest BCUT2D eigenvalue weighted by Gasteiger charge is 2.25. The molecule has 0 saturated carbocycles. The first-order chi connectivity index (χ1) is 12.8. The van der Waals surface area contributed by atoms with Crippen molar-refractivity contribution in [2.45, 2.75) is 51.4 Å². The molecule has 3 nitrogen and oxygen atoms in total. The predicted molar refractivity (Wildman–Crippen MR) is 107 cm³/mol. The Bertz CT molecular complexity index is 847. The van der Waals surface area contributed by atoms with Gasteiger partial charge in [-0.1, -0.05) is 30.2 Å². The van der Waals surface area contributed by atoms with Crippen molar-refractivity contribution in [3.8, 4) is 17.2 Å². The maximum absolute atomic E-state index is 10.1. The van der Waals surface area contributed by atoms with Crippen LogP contribution in [0.5, 0.6) is 0 Å². The molecule has 4 heteroatoms. The highest BCUT2D eigenvalue weighted by atomic mass is 35.5. The quantitative estimate of drug-likeness (QED) is 0.656. The fourth-order valence-electron chi connectivity index (χ4n) is 4.31. The van der Waals surface area contributed by atoms with Gasteiger partial charge in [-0.3, -0.25) is 0 Å². The summed E-state index contributed by atoms with van der Waals surface area (Å²) in [5.74, 6) is 0.892. The number of halogens is 1. The van der Waals surface area contributed by atoms with Gasteiger partial charge in [-0.05, 0) is 68.2 Å². The molecule has 1 fully saturated rings. The first kappa shape index (κ1) is 17.4. The smallest absolute Gasteiger partial charge is 0.147 e. The Balaban J connectivity index is 1.95. The van der Waals surface area contributed by atoms with E-state index in [1.54, 1.807) is 0 Å². The first-order valence-corrected chi connectivity index (χ1v) is 10.1. The monoisotopic (exact) mass is 365 g/mol. The van der Waals surface area contributed by atoms with Crippen LogP contribution in [0.15, 0.2) is 24.3 Å². The van der Waals surface area contributed by atoms with Gasteiger partial charge in [0.2, 0.25) is 0 Å². The number of aromatic nitrogens is 1. The van der Waals surface area contributed by atoms with Gasteiger partial charge in [-0.15, -0.1) is 0 Å². The van der Waals surface area contributed by atoms with Gasteiger partial charge < -0.3 is 4.90 Å². The molecule has 0 amide bonds. The van der Waals surface area contributed by atoms with E-state index < -0.39 is 0 Å². The summed E-state index contributed by atoms with van der Waals surface area (Å²) in [7, 11) is 0. The summed E-state index contributed by atoms with van der Waals surface area (Å²) in [5, 5.41) is 10.8. The number of benzene rings is 1. The summed E-state index contributed by atoms with van der Waals surface area (Å²) < 4.78 is 0. The zero-order chi connectivity index (χ0) is 17.9. The molecule has 0 bridgehead atoms. The van der Waals surface area contributed by atoms with Gasteiger partial charge in [0.15, 0.2) is 0 Å². The molecule has 26 heavy (non-hydrogen) atoms. The molecule has 0 spiro atoms. The summed E-state index contributed by atoms with van der Waals surface area (Å²) in [4.78, 5) is 7.37. The van der Waals surface area contributed by atoms with Gasteiger partial charge in [0.05, 0.1) is 0 Å². The van der Waals surface area contributed by atoms with Crippen molar-refractivity contribution in [2.75, 3.05) is 18.0 Å². The molecular weight excluding hydrogens is 342 g/mol. The Kier molecular flexibility index (Phi) is 5.13. The van der Waals surface area contributed by atoms with E-state index in [9.17, 15) is 5.26 Å². The van der Waals surface area contributed by atoms with Crippen LogP contribution in [-0.4, -0.2) is 18.1 Å². The van der Waals surface area contributed by atoms with Crippen LogP contribution in [0.4, 0.5) is 5.82 Å². The lowest BCUT2D eigenvalue weighted by molar-refractivity contribution is 0.572. The van der Waals surface area contributed by atoms with Gasteiger partial charge in [0, 0.05) is 29.4 Å². The number of hydrogen-bond acceptors (Lipinski definition) is 3. The minimum absolute atomic E-state index is 0.713. The predicted octanol–water partition coefficient (Wildman–Crippen LogP) is 5.53. The molecule has 1 aliphatic carbocycles. The molecule has 0 radical (unpaired) electrons. The molecule has 4 rings (SSSR count). The summed E-state index contributed by atoms with van der Waals surface area (Å²) in [5.41, 5.74) is 5.31. The van der Waals surface area contributed by atoms with Crippen LogP contribution in [0.1, 0.15) is 55.3 Å². The molecule has 1 aromatic carbocycles. The van der Waals surface area contributed by atoms with Crippen molar-refractivity contribution >= 4 is 17.4 Å². The van der Waals surface area contributed by atoms with Crippen LogP contribution in [0.3, 0.4) is 0 Å². The minimum atomic E-state index is 0.713. The van der Waals surface area contributed by atoms with Crippen molar-refractivity contribution in [1.82, 2.24) is 4.98 Å². The molecule has 134 valence electrons. The van der Waals surface area contributed by atoms with E-state index in [1.807, 2.05) is 18.2 Å². The molecule has 0 unspecified atom stereocenters. The van der Waals surface area contributed by atoms with Crippen molar-refractivity contribution < 1.29 is 0 Å². The van der Waals surface area contributed by atoms with Gasteiger partial charge in [-0.25, -0.2) is 4.98 Å². The second kappa shape index (κ2) is 7.68. The topological polar surface area (TPSA) is 39.9 Å². The first-order valence-electron chi connectivity index (χ1n) is 9.74. The van der Waals surface area contributed by atoms with Gasteiger partial charge in [0.1, 0.15) is 17.5 Å². The van der Waals surface area contributed by atoms with Crippen LogP contribution in [0, 0.1) is 11.3 Å². The third-order valence-corrected chi connectivity index (χ3v) is 5.82. The highest BCUT2D eigenvalue weighted by Crippen LogP contribution is 2.38. The molecule has 0 N–H and O–H groups in total. The summed E-state index contributed by atoms with van der Waals surface area (Å²) in [6.07, 6.45) is 9.20. The number of fused-ring (bicyclic) bond motifs is 1. The minimum Gasteiger partial charge on any atom is -0.355 e. The number of hydrogen-bond donors (Lipinski definition) is 0. The Labute approximate surface area is 160 Å². The molecule has 2 aromatic rings. The number of rotatable bonds is 2. The standard InChI is InChI=1S/C22H24ClN3/c23-17-9-7-8-16(14-17)21-18-10-3-1-4-11-20(18)25-22(19(21)15-24)26-12-5-2-6-13-26/h7-9,14H,1-6,10-13H2. The van der Waals surface area contributed by atoms with Gasteiger partial charge in [-0.2, -0.15) is 5.26 Å². The summed E-state index contributed by atoms with van der Waals surface area (Å²) in [6.45, 7) is 1.99. The lowest BCUT2D eigenvalue weighted by atomic mass is 9.91. The van der Waals surface area contributed by atoms with E-state index >= 15 is 0 Å². The lowest BCUT2D eigenvalue weighted by Crippen LogP contribution is -2.31. The summed E-state index contributed by atoms with van der Waals surface area (Å²) in [6, 6.07) is 10.4. The largest absolute Gasteiger partial charge is 0.355 e. The normalized spacial score (nSPS) is 17.3. The average molecular weight is 366 g/mol. The van der Waals surface area contributed by atoms with Crippen LogP contribution in [0.25, 0.3) is 11.1 Å². The zero-order valence-electron chi connectivity index (χ0n) is 15.1. The van der Waals surface area contributed by atoms with E-state index in [0.29, 0.717) is 5.02 Å². The molecule has 1 aromatic heterocycles. The van der Waals surface area contributed by atoms with E-state index in [1.165, 1.54) is 43.4 Å². The van der Waals surface area contributed by atoms with Crippen LogP contribution in [-0.2, 0) is 12.8 Å². The number of piperidine rings is 1. The lowest BCUT2D eigenvalue weighted by Gasteiger charge is -2.30. The number of aryl methyl sites for hydroxylation is 1. The van der Waals surface area contributed by atoms with E-state index in [0.717, 1.165) is 54.9 Å². The van der Waals surface area contributed by atoms with E-state index in [4.69, 9.17) is 16.6 Å². The van der Waals surface area contributed by atoms with Gasteiger partial charge >= 0.3 is 0 Å². The molecule has 2 aliphatic rings. The third kappa shape index (κ3) is 3.31. The Morgan fingerprint density at radius 2 is 1.77 bits per heavy atom. The maximum atomic E-state index is 10.1. The Morgan fingerprint density at radius 3 is 2.54 bits per heavy atom. The number of nitriles is 1. The van der Waals surface area contributed by atoms with Crippen molar-refractivity contribution in [1.29, 1.82) is 5.26 Å².